The molecule has 2 N–H and O–H groups in total. The Balaban J connectivity index is 0.00000364. The zero-order chi connectivity index (χ0) is 18.8. The van der Waals surface area contributed by atoms with Crippen molar-refractivity contribution in [2.45, 2.75) is 26.8 Å². The van der Waals surface area contributed by atoms with Crippen LogP contribution in [0, 0.1) is 5.92 Å². The molecule has 1 heterocycles. The van der Waals surface area contributed by atoms with Crippen LogP contribution < -0.4 is 10.6 Å². The largest absolute Gasteiger partial charge is 0.469 e. The molecule has 1 aromatic heterocycles. The van der Waals surface area contributed by atoms with Gasteiger partial charge in [0.15, 0.2) is 5.96 Å². The van der Waals surface area contributed by atoms with Gasteiger partial charge in [-0.3, -0.25) is 0 Å². The minimum Gasteiger partial charge on any atom is -0.469 e. The van der Waals surface area contributed by atoms with E-state index in [1.807, 2.05) is 24.3 Å². The fourth-order valence-corrected chi connectivity index (χ4v) is 2.27. The summed E-state index contributed by atoms with van der Waals surface area (Å²) in [4.78, 5) is 16.1. The summed E-state index contributed by atoms with van der Waals surface area (Å²) >= 11 is 0. The Morgan fingerprint density at radius 3 is 2.52 bits per heavy atom. The zero-order valence-corrected chi connectivity index (χ0v) is 18.4. The van der Waals surface area contributed by atoms with E-state index in [9.17, 15) is 4.79 Å². The Kier molecular flexibility index (Phi) is 10.5. The van der Waals surface area contributed by atoms with Crippen molar-refractivity contribution >= 4 is 35.9 Å². The molecule has 2 aromatic rings. The van der Waals surface area contributed by atoms with Crippen LogP contribution in [0.15, 0.2) is 52.1 Å². The molecule has 0 amide bonds. The standard InChI is InChI=1S/C20H27N3O3.HI/c1-15(2)13-22-20(21-11-10-18-5-4-12-26-18)23-14-16-6-8-17(9-7-16)19(24)25-3;/h4-9,12,15H,10-11,13-14H2,1-3H3,(H2,21,22,23);1H. The Morgan fingerprint density at radius 2 is 1.93 bits per heavy atom. The second kappa shape index (κ2) is 12.4. The van der Waals surface area contributed by atoms with Gasteiger partial charge in [0, 0.05) is 19.5 Å². The van der Waals surface area contributed by atoms with Crippen molar-refractivity contribution in [3.8, 4) is 0 Å². The number of esters is 1. The van der Waals surface area contributed by atoms with Crippen molar-refractivity contribution in [2.75, 3.05) is 20.2 Å². The molecule has 0 radical (unpaired) electrons. The molecule has 27 heavy (non-hydrogen) atoms. The van der Waals surface area contributed by atoms with Gasteiger partial charge < -0.3 is 19.8 Å². The van der Waals surface area contributed by atoms with E-state index in [4.69, 9.17) is 9.15 Å². The molecule has 0 fully saturated rings. The number of benzene rings is 1. The van der Waals surface area contributed by atoms with E-state index >= 15 is 0 Å². The SMILES string of the molecule is COC(=O)c1ccc(CN=C(NCCc2ccco2)NCC(C)C)cc1.I. The summed E-state index contributed by atoms with van der Waals surface area (Å²) in [5, 5.41) is 6.67. The molecular formula is C20H28IN3O3. The zero-order valence-electron chi connectivity index (χ0n) is 16.0. The van der Waals surface area contributed by atoms with E-state index in [1.165, 1.54) is 7.11 Å². The van der Waals surface area contributed by atoms with Crippen LogP contribution >= 0.6 is 24.0 Å². The highest BCUT2D eigenvalue weighted by Crippen LogP contribution is 2.07. The van der Waals surface area contributed by atoms with Crippen LogP contribution in [0.5, 0.6) is 0 Å². The Hall–Kier alpha value is -2.03. The Labute approximate surface area is 177 Å². The van der Waals surface area contributed by atoms with Crippen molar-refractivity contribution in [3.05, 3.63) is 59.5 Å². The average Bonchev–Trinajstić information content (AvgIpc) is 3.16. The van der Waals surface area contributed by atoms with Crippen LogP contribution in [0.2, 0.25) is 0 Å². The normalized spacial score (nSPS) is 11.0. The number of nitrogens with zero attached hydrogens (tertiary/aromatic N) is 1. The van der Waals surface area contributed by atoms with Gasteiger partial charge in [0.1, 0.15) is 5.76 Å². The van der Waals surface area contributed by atoms with Crippen molar-refractivity contribution in [3.63, 3.8) is 0 Å². The minimum absolute atomic E-state index is 0. The van der Waals surface area contributed by atoms with Crippen molar-refractivity contribution in [1.82, 2.24) is 10.6 Å². The number of methoxy groups -OCH3 is 1. The van der Waals surface area contributed by atoms with Crippen LogP contribution in [0.1, 0.15) is 35.5 Å². The summed E-state index contributed by atoms with van der Waals surface area (Å²) in [6, 6.07) is 11.1. The van der Waals surface area contributed by atoms with Crippen LogP contribution in [0.25, 0.3) is 0 Å². The number of nitrogens with one attached hydrogen (secondary N) is 2. The fraction of sp³-hybridized carbons (Fsp3) is 0.400. The van der Waals surface area contributed by atoms with Crippen LogP contribution in [-0.4, -0.2) is 32.1 Å². The molecule has 0 aliphatic heterocycles. The maximum atomic E-state index is 11.5. The first-order chi connectivity index (χ1) is 12.6. The third-order valence-electron chi connectivity index (χ3n) is 3.72. The molecule has 148 valence electrons. The maximum absolute atomic E-state index is 11.5. The number of rotatable bonds is 8. The first-order valence-corrected chi connectivity index (χ1v) is 8.80. The van der Waals surface area contributed by atoms with Crippen molar-refractivity contribution in [2.24, 2.45) is 10.9 Å². The lowest BCUT2D eigenvalue weighted by molar-refractivity contribution is 0.0600. The number of carbonyl (C=O) groups is 1. The molecule has 0 unspecified atom stereocenters. The molecule has 0 saturated carbocycles. The lowest BCUT2D eigenvalue weighted by Gasteiger charge is -2.14. The summed E-state index contributed by atoms with van der Waals surface area (Å²) in [5.41, 5.74) is 1.56. The lowest BCUT2D eigenvalue weighted by Crippen LogP contribution is -2.40. The van der Waals surface area contributed by atoms with Crippen molar-refractivity contribution in [1.29, 1.82) is 0 Å². The highest BCUT2D eigenvalue weighted by molar-refractivity contribution is 14.0. The van der Waals surface area contributed by atoms with Gasteiger partial charge in [-0.15, -0.1) is 24.0 Å². The van der Waals surface area contributed by atoms with Crippen LogP contribution in [0.4, 0.5) is 0 Å². The summed E-state index contributed by atoms with van der Waals surface area (Å²) in [6.07, 6.45) is 2.47. The van der Waals surface area contributed by atoms with Gasteiger partial charge in [0.05, 0.1) is 25.5 Å². The molecule has 0 spiro atoms. The van der Waals surface area contributed by atoms with Crippen LogP contribution in [-0.2, 0) is 17.7 Å². The number of carbonyl (C=O) groups excluding carboxylic acids is 1. The van der Waals surface area contributed by atoms with Crippen molar-refractivity contribution < 1.29 is 13.9 Å². The van der Waals surface area contributed by atoms with Gasteiger partial charge in [-0.2, -0.15) is 0 Å². The van der Waals surface area contributed by atoms with E-state index in [0.29, 0.717) is 18.0 Å². The number of hydrogen-bond acceptors (Lipinski definition) is 4. The van der Waals surface area contributed by atoms with Gasteiger partial charge in [-0.25, -0.2) is 9.79 Å². The quantitative estimate of drug-likeness (QED) is 0.259. The lowest BCUT2D eigenvalue weighted by atomic mass is 10.1. The molecule has 0 aliphatic carbocycles. The molecule has 0 saturated heterocycles. The van der Waals surface area contributed by atoms with Gasteiger partial charge >= 0.3 is 5.97 Å². The summed E-state index contributed by atoms with van der Waals surface area (Å²) in [6.45, 7) is 6.40. The van der Waals surface area contributed by atoms with Gasteiger partial charge in [-0.1, -0.05) is 26.0 Å². The Bertz CT molecular complexity index is 698. The molecule has 6 nitrogen and oxygen atoms in total. The second-order valence-corrected chi connectivity index (χ2v) is 6.38. The summed E-state index contributed by atoms with van der Waals surface area (Å²) in [5.74, 6) is 1.90. The molecule has 0 bridgehead atoms. The highest BCUT2D eigenvalue weighted by Gasteiger charge is 2.05. The van der Waals surface area contributed by atoms with E-state index in [2.05, 4.69) is 29.5 Å². The molecule has 0 atom stereocenters. The number of ether oxygens (including phenoxy) is 1. The summed E-state index contributed by atoms with van der Waals surface area (Å²) in [7, 11) is 1.38. The minimum atomic E-state index is -0.334. The molecular weight excluding hydrogens is 457 g/mol. The van der Waals surface area contributed by atoms with Crippen LogP contribution in [0.3, 0.4) is 0 Å². The summed E-state index contributed by atoms with van der Waals surface area (Å²) < 4.78 is 10.1. The first-order valence-electron chi connectivity index (χ1n) is 8.80. The van der Waals surface area contributed by atoms with E-state index < -0.39 is 0 Å². The topological polar surface area (TPSA) is 75.9 Å². The van der Waals surface area contributed by atoms with Gasteiger partial charge in [0.25, 0.3) is 0 Å². The monoisotopic (exact) mass is 485 g/mol. The molecule has 7 heteroatoms. The second-order valence-electron chi connectivity index (χ2n) is 6.38. The third-order valence-corrected chi connectivity index (χ3v) is 3.72. The number of hydrogen-bond donors (Lipinski definition) is 2. The first kappa shape index (κ1) is 23.0. The van der Waals surface area contributed by atoms with Gasteiger partial charge in [0.2, 0.25) is 0 Å². The predicted octanol–water partition coefficient (Wildman–Crippen LogP) is 3.62. The molecule has 0 aliphatic rings. The van der Waals surface area contributed by atoms with Gasteiger partial charge in [-0.05, 0) is 35.7 Å². The smallest absolute Gasteiger partial charge is 0.337 e. The Morgan fingerprint density at radius 1 is 1.19 bits per heavy atom. The predicted molar refractivity (Wildman–Crippen MR) is 118 cm³/mol. The molecule has 1 aromatic carbocycles. The van der Waals surface area contributed by atoms with E-state index in [-0.39, 0.29) is 29.9 Å². The highest BCUT2D eigenvalue weighted by atomic mass is 127. The number of guanidine groups is 1. The number of furan rings is 1. The average molecular weight is 485 g/mol. The molecule has 2 rings (SSSR count). The number of halogens is 1. The maximum Gasteiger partial charge on any atom is 0.337 e. The number of aliphatic imine (C=N–C) groups is 1. The van der Waals surface area contributed by atoms with E-state index in [0.717, 1.165) is 36.8 Å². The third kappa shape index (κ3) is 8.47. The fourth-order valence-electron chi connectivity index (χ4n) is 2.27. The van der Waals surface area contributed by atoms with E-state index in [1.54, 1.807) is 18.4 Å².